The van der Waals surface area contributed by atoms with Crippen LogP contribution < -0.4 is 11.1 Å². The molecule has 0 aromatic carbocycles. The molecule has 9 nitrogen and oxygen atoms in total. The minimum absolute atomic E-state index is 0.0788. The number of hydrogen-bond donors (Lipinski definition) is 4. The molecular formula is C11H19N3O6. The zero-order valence-electron chi connectivity index (χ0n) is 10.9. The van der Waals surface area contributed by atoms with Crippen molar-refractivity contribution < 1.29 is 29.3 Å². The lowest BCUT2D eigenvalue weighted by Gasteiger charge is -2.35. The molecular weight excluding hydrogens is 270 g/mol. The summed E-state index contributed by atoms with van der Waals surface area (Å²) in [5.74, 6) is -1.88. The summed E-state index contributed by atoms with van der Waals surface area (Å²) in [4.78, 5) is 35.0. The smallest absolute Gasteiger partial charge is 0.326 e. The summed E-state index contributed by atoms with van der Waals surface area (Å²) in [5, 5.41) is 20.5. The maximum absolute atomic E-state index is 12.0. The largest absolute Gasteiger partial charge is 0.480 e. The van der Waals surface area contributed by atoms with Crippen LogP contribution in [0.4, 0.5) is 4.79 Å². The molecule has 2 atom stereocenters. The van der Waals surface area contributed by atoms with Crippen molar-refractivity contribution in [3.8, 4) is 0 Å². The van der Waals surface area contributed by atoms with Crippen LogP contribution >= 0.6 is 0 Å². The van der Waals surface area contributed by atoms with E-state index >= 15 is 0 Å². The number of morpholine rings is 1. The molecule has 0 bridgehead atoms. The lowest BCUT2D eigenvalue weighted by atomic mass is 10.1. The maximum atomic E-state index is 12.0. The minimum atomic E-state index is -1.24. The second kappa shape index (κ2) is 7.65. The van der Waals surface area contributed by atoms with E-state index in [-0.39, 0.29) is 32.6 Å². The summed E-state index contributed by atoms with van der Waals surface area (Å²) in [6.07, 6.45) is -0.214. The zero-order valence-corrected chi connectivity index (χ0v) is 10.9. The molecule has 0 radical (unpaired) electrons. The van der Waals surface area contributed by atoms with Gasteiger partial charge in [-0.3, -0.25) is 4.79 Å². The number of nitrogens with zero attached hydrogens (tertiary/aromatic N) is 1. The highest BCUT2D eigenvalue weighted by molar-refractivity contribution is 5.83. The molecule has 5 N–H and O–H groups in total. The van der Waals surface area contributed by atoms with E-state index in [1.54, 1.807) is 0 Å². The van der Waals surface area contributed by atoms with Crippen molar-refractivity contribution in [1.29, 1.82) is 0 Å². The Hall–Kier alpha value is -1.87. The Balaban J connectivity index is 2.59. The molecule has 9 heteroatoms. The van der Waals surface area contributed by atoms with E-state index in [1.807, 2.05) is 0 Å². The van der Waals surface area contributed by atoms with E-state index < -0.39 is 30.0 Å². The van der Waals surface area contributed by atoms with Crippen LogP contribution in [0.1, 0.15) is 12.8 Å². The van der Waals surface area contributed by atoms with Crippen LogP contribution in [0.2, 0.25) is 0 Å². The Kier molecular flexibility index (Phi) is 6.19. The molecule has 0 aromatic rings. The van der Waals surface area contributed by atoms with Gasteiger partial charge < -0.3 is 30.9 Å². The van der Waals surface area contributed by atoms with E-state index in [9.17, 15) is 14.4 Å². The van der Waals surface area contributed by atoms with Crippen LogP contribution in [0.5, 0.6) is 0 Å². The number of hydrogen-bond acceptors (Lipinski definition) is 5. The number of carboxylic acids is 1. The van der Waals surface area contributed by atoms with Crippen molar-refractivity contribution >= 4 is 17.9 Å². The maximum Gasteiger partial charge on any atom is 0.326 e. The first-order chi connectivity index (χ1) is 9.45. The zero-order chi connectivity index (χ0) is 15.1. The fourth-order valence-electron chi connectivity index (χ4n) is 1.85. The number of aliphatic carboxylic acids is 1. The lowest BCUT2D eigenvalue weighted by Crippen LogP contribution is -2.56. The number of carboxylic acid groups (broad SMARTS) is 1. The van der Waals surface area contributed by atoms with Crippen molar-refractivity contribution in [2.45, 2.75) is 24.9 Å². The first-order valence-corrected chi connectivity index (χ1v) is 6.22. The number of carbonyl (C=O) groups excluding carboxylic acids is 2. The van der Waals surface area contributed by atoms with E-state index in [2.05, 4.69) is 5.32 Å². The second-order valence-electron chi connectivity index (χ2n) is 4.45. The summed E-state index contributed by atoms with van der Waals surface area (Å²) in [7, 11) is 0. The third-order valence-electron chi connectivity index (χ3n) is 2.97. The number of primary amides is 1. The van der Waals surface area contributed by atoms with Crippen molar-refractivity contribution in [3.63, 3.8) is 0 Å². The summed E-state index contributed by atoms with van der Waals surface area (Å²) < 4.78 is 5.13. The van der Waals surface area contributed by atoms with Crippen LogP contribution in [-0.4, -0.2) is 71.5 Å². The fourth-order valence-corrected chi connectivity index (χ4v) is 1.85. The van der Waals surface area contributed by atoms with Gasteiger partial charge in [0, 0.05) is 13.0 Å². The number of carbonyl (C=O) groups is 3. The Bertz CT molecular complexity index is 375. The number of aliphatic hydroxyl groups is 1. The number of aliphatic hydroxyl groups excluding tert-OH is 1. The average Bonchev–Trinajstić information content (AvgIpc) is 2.42. The topological polar surface area (TPSA) is 142 Å². The van der Waals surface area contributed by atoms with E-state index in [4.69, 9.17) is 20.7 Å². The van der Waals surface area contributed by atoms with E-state index in [0.717, 1.165) is 0 Å². The number of nitrogens with two attached hydrogens (primary N) is 1. The van der Waals surface area contributed by atoms with E-state index in [0.29, 0.717) is 6.61 Å². The molecule has 0 spiro atoms. The van der Waals surface area contributed by atoms with Gasteiger partial charge in [0.2, 0.25) is 5.91 Å². The monoisotopic (exact) mass is 289 g/mol. The quantitative estimate of drug-likeness (QED) is 0.450. The predicted molar refractivity (Wildman–Crippen MR) is 66.8 cm³/mol. The van der Waals surface area contributed by atoms with Crippen LogP contribution in [0.25, 0.3) is 0 Å². The van der Waals surface area contributed by atoms with Crippen LogP contribution in [0.3, 0.4) is 0 Å². The summed E-state index contributed by atoms with van der Waals surface area (Å²) >= 11 is 0. The molecule has 1 rings (SSSR count). The van der Waals surface area contributed by atoms with Gasteiger partial charge in [-0.15, -0.1) is 0 Å². The molecule has 114 valence electrons. The number of amides is 3. The third-order valence-corrected chi connectivity index (χ3v) is 2.97. The molecule has 3 amide bonds. The molecule has 0 aliphatic carbocycles. The Labute approximate surface area is 115 Å². The summed E-state index contributed by atoms with van der Waals surface area (Å²) in [6.45, 7) is 0.511. The molecule has 20 heavy (non-hydrogen) atoms. The Morgan fingerprint density at radius 2 is 2.15 bits per heavy atom. The molecule has 0 aromatic heterocycles. The summed E-state index contributed by atoms with van der Waals surface area (Å²) in [6, 6.07) is -2.31. The highest BCUT2D eigenvalue weighted by Gasteiger charge is 2.29. The van der Waals surface area contributed by atoms with Gasteiger partial charge >= 0.3 is 12.0 Å². The van der Waals surface area contributed by atoms with Gasteiger partial charge in [0.05, 0.1) is 25.9 Å². The lowest BCUT2D eigenvalue weighted by molar-refractivity contribution is -0.139. The average molecular weight is 289 g/mol. The third kappa shape index (κ3) is 4.67. The molecule has 1 unspecified atom stereocenters. The van der Waals surface area contributed by atoms with E-state index in [1.165, 1.54) is 4.90 Å². The van der Waals surface area contributed by atoms with Crippen LogP contribution in [-0.2, 0) is 14.3 Å². The molecule has 1 heterocycles. The standard InChI is InChI=1S/C11H19N3O6/c12-9(16)2-1-8(10(17)18)13-11(19)14-3-4-20-6-7(14)5-15/h7-8,15H,1-6H2,(H2,12,16)(H,13,19)(H,17,18)/t7?,8-/m1/s1. The molecule has 1 aliphatic heterocycles. The highest BCUT2D eigenvalue weighted by atomic mass is 16.5. The van der Waals surface area contributed by atoms with Crippen molar-refractivity contribution in [3.05, 3.63) is 0 Å². The number of urea groups is 1. The van der Waals surface area contributed by atoms with Gasteiger partial charge in [0.1, 0.15) is 6.04 Å². The van der Waals surface area contributed by atoms with Gasteiger partial charge in [-0.05, 0) is 6.42 Å². The Morgan fingerprint density at radius 1 is 1.45 bits per heavy atom. The molecule has 0 saturated carbocycles. The molecule has 1 fully saturated rings. The number of ether oxygens (including phenoxy) is 1. The molecule has 1 aliphatic rings. The first kappa shape index (κ1) is 16.2. The number of nitrogens with one attached hydrogen (secondary N) is 1. The van der Waals surface area contributed by atoms with Gasteiger partial charge in [-0.25, -0.2) is 9.59 Å². The second-order valence-corrected chi connectivity index (χ2v) is 4.45. The van der Waals surface area contributed by atoms with Gasteiger partial charge in [-0.1, -0.05) is 0 Å². The van der Waals surface area contributed by atoms with Crippen molar-refractivity contribution in [1.82, 2.24) is 10.2 Å². The number of rotatable bonds is 6. The first-order valence-electron chi connectivity index (χ1n) is 6.22. The molecule has 1 saturated heterocycles. The summed E-state index contributed by atoms with van der Waals surface area (Å²) in [5.41, 5.74) is 4.95. The van der Waals surface area contributed by atoms with Gasteiger partial charge in [0.25, 0.3) is 0 Å². The van der Waals surface area contributed by atoms with Gasteiger partial charge in [0.15, 0.2) is 0 Å². The highest BCUT2D eigenvalue weighted by Crippen LogP contribution is 2.08. The van der Waals surface area contributed by atoms with Crippen molar-refractivity contribution in [2.24, 2.45) is 5.73 Å². The van der Waals surface area contributed by atoms with Gasteiger partial charge in [-0.2, -0.15) is 0 Å². The normalized spacial score (nSPS) is 20.2. The minimum Gasteiger partial charge on any atom is -0.480 e. The van der Waals surface area contributed by atoms with Crippen molar-refractivity contribution in [2.75, 3.05) is 26.4 Å². The fraction of sp³-hybridized carbons (Fsp3) is 0.727. The predicted octanol–water partition coefficient (Wildman–Crippen LogP) is -1.89. The SMILES string of the molecule is NC(=O)CC[C@@H](NC(=O)N1CCOCC1CO)C(=O)O. The Morgan fingerprint density at radius 3 is 2.70 bits per heavy atom. The van der Waals surface area contributed by atoms with Crippen LogP contribution in [0, 0.1) is 0 Å². The van der Waals surface area contributed by atoms with Crippen LogP contribution in [0.15, 0.2) is 0 Å².